The van der Waals surface area contributed by atoms with Gasteiger partial charge in [-0.1, -0.05) is 31.4 Å². The Bertz CT molecular complexity index is 862. The summed E-state index contributed by atoms with van der Waals surface area (Å²) in [4.78, 5) is 52.4. The minimum atomic E-state index is -0.815. The van der Waals surface area contributed by atoms with Crippen LogP contribution in [0.3, 0.4) is 0 Å². The highest BCUT2D eigenvalue weighted by Gasteiger charge is 2.51. The van der Waals surface area contributed by atoms with Crippen molar-refractivity contribution in [3.63, 3.8) is 0 Å². The molecule has 0 unspecified atom stereocenters. The van der Waals surface area contributed by atoms with Crippen LogP contribution in [0.4, 0.5) is 10.5 Å². The summed E-state index contributed by atoms with van der Waals surface area (Å²) in [6, 6.07) is 7.05. The smallest absolute Gasteiger partial charge is 0.325 e. The van der Waals surface area contributed by atoms with Crippen molar-refractivity contribution in [3.05, 3.63) is 29.8 Å². The van der Waals surface area contributed by atoms with Gasteiger partial charge in [0.25, 0.3) is 5.91 Å². The summed E-state index contributed by atoms with van der Waals surface area (Å²) in [5.74, 6) is -0.545. The van der Waals surface area contributed by atoms with E-state index in [1.807, 2.05) is 24.3 Å². The van der Waals surface area contributed by atoms with E-state index >= 15 is 0 Å². The molecule has 30 heavy (non-hydrogen) atoms. The van der Waals surface area contributed by atoms with Crippen LogP contribution in [0.5, 0.6) is 0 Å². The fourth-order valence-corrected chi connectivity index (χ4v) is 4.63. The molecule has 0 aromatic heterocycles. The normalized spacial score (nSPS) is 21.1. The molecule has 160 valence electrons. The quantitative estimate of drug-likeness (QED) is 0.724. The summed E-state index contributed by atoms with van der Waals surface area (Å²) in [5.41, 5.74) is 0.880. The third-order valence-corrected chi connectivity index (χ3v) is 6.29. The summed E-state index contributed by atoms with van der Waals surface area (Å²) in [6.07, 6.45) is 6.62. The molecule has 2 aliphatic heterocycles. The lowest BCUT2D eigenvalue weighted by Gasteiger charge is -2.30. The number of piperidine rings is 1. The van der Waals surface area contributed by atoms with Crippen LogP contribution in [-0.4, -0.2) is 47.3 Å². The zero-order valence-electron chi connectivity index (χ0n) is 17.1. The Morgan fingerprint density at radius 3 is 2.63 bits per heavy atom. The van der Waals surface area contributed by atoms with Gasteiger partial charge in [0, 0.05) is 25.2 Å². The molecule has 0 atom stereocenters. The van der Waals surface area contributed by atoms with Crippen molar-refractivity contribution in [2.24, 2.45) is 0 Å². The number of hydrogen-bond donors (Lipinski definition) is 2. The average Bonchev–Trinajstić information content (AvgIpc) is 2.97. The van der Waals surface area contributed by atoms with Gasteiger partial charge in [0.2, 0.25) is 11.8 Å². The Morgan fingerprint density at radius 1 is 1.07 bits per heavy atom. The summed E-state index contributed by atoms with van der Waals surface area (Å²) >= 11 is 0. The second-order valence-electron chi connectivity index (χ2n) is 8.41. The maximum atomic E-state index is 12.8. The topological polar surface area (TPSA) is 98.8 Å². The molecule has 8 heteroatoms. The Kier molecular flexibility index (Phi) is 5.74. The number of nitrogens with zero attached hydrogens (tertiary/aromatic N) is 2. The maximum Gasteiger partial charge on any atom is 0.325 e. The fraction of sp³-hybridized carbons (Fsp3) is 0.545. The van der Waals surface area contributed by atoms with Crippen molar-refractivity contribution in [1.29, 1.82) is 0 Å². The number of carbonyl (C=O) groups excluding carboxylic acids is 4. The second kappa shape index (κ2) is 8.45. The van der Waals surface area contributed by atoms with E-state index in [0.717, 1.165) is 48.3 Å². The molecular weight excluding hydrogens is 384 g/mol. The SMILES string of the molecule is O=C(CN1C(=O)NC2(CCCCC2)C1=O)NCc1cccc(N2CCCCC2=O)c1. The van der Waals surface area contributed by atoms with Crippen LogP contribution >= 0.6 is 0 Å². The van der Waals surface area contributed by atoms with Crippen molar-refractivity contribution in [1.82, 2.24) is 15.5 Å². The van der Waals surface area contributed by atoms with Crippen LogP contribution in [0.2, 0.25) is 0 Å². The van der Waals surface area contributed by atoms with Crippen LogP contribution in [0.15, 0.2) is 24.3 Å². The van der Waals surface area contributed by atoms with Crippen LogP contribution in [0.1, 0.15) is 56.9 Å². The zero-order chi connectivity index (χ0) is 21.1. The zero-order valence-corrected chi connectivity index (χ0v) is 17.1. The highest BCUT2D eigenvalue weighted by Crippen LogP contribution is 2.33. The summed E-state index contributed by atoms with van der Waals surface area (Å²) < 4.78 is 0. The van der Waals surface area contributed by atoms with Crippen molar-refractivity contribution < 1.29 is 19.2 Å². The minimum Gasteiger partial charge on any atom is -0.350 e. The molecule has 1 aromatic carbocycles. The van der Waals surface area contributed by atoms with E-state index in [0.29, 0.717) is 25.8 Å². The minimum absolute atomic E-state index is 0.123. The van der Waals surface area contributed by atoms with E-state index in [1.54, 1.807) is 4.90 Å². The average molecular weight is 412 g/mol. The standard InChI is InChI=1S/C22H28N4O4/c27-18(15-26-20(29)22(24-21(26)30)10-3-1-4-11-22)23-14-16-7-6-8-17(13-16)25-12-5-2-9-19(25)28/h6-8,13H,1-5,9-12,14-15H2,(H,23,27)(H,24,30). The molecule has 8 nitrogen and oxygen atoms in total. The van der Waals surface area contributed by atoms with E-state index in [-0.39, 0.29) is 30.8 Å². The molecule has 2 saturated heterocycles. The number of hydrogen-bond acceptors (Lipinski definition) is 4. The van der Waals surface area contributed by atoms with Gasteiger partial charge in [-0.3, -0.25) is 19.3 Å². The first kappa shape index (κ1) is 20.4. The molecule has 2 N–H and O–H groups in total. The number of carbonyl (C=O) groups is 4. The van der Waals surface area contributed by atoms with Crippen LogP contribution < -0.4 is 15.5 Å². The Balaban J connectivity index is 1.34. The largest absolute Gasteiger partial charge is 0.350 e. The van der Waals surface area contributed by atoms with Gasteiger partial charge in [0.15, 0.2) is 0 Å². The maximum absolute atomic E-state index is 12.8. The molecule has 3 aliphatic rings. The highest BCUT2D eigenvalue weighted by molar-refractivity contribution is 6.09. The number of rotatable bonds is 5. The number of anilines is 1. The van der Waals surface area contributed by atoms with E-state index in [4.69, 9.17) is 0 Å². The number of nitrogens with one attached hydrogen (secondary N) is 2. The van der Waals surface area contributed by atoms with Gasteiger partial charge >= 0.3 is 6.03 Å². The van der Waals surface area contributed by atoms with Gasteiger partial charge in [-0.2, -0.15) is 0 Å². The van der Waals surface area contributed by atoms with E-state index in [9.17, 15) is 19.2 Å². The van der Waals surface area contributed by atoms with Crippen molar-refractivity contribution >= 4 is 29.4 Å². The number of amides is 5. The second-order valence-corrected chi connectivity index (χ2v) is 8.41. The van der Waals surface area contributed by atoms with Crippen LogP contribution in [0.25, 0.3) is 0 Å². The third-order valence-electron chi connectivity index (χ3n) is 6.29. The molecule has 1 spiro atoms. The predicted octanol–water partition coefficient (Wildman–Crippen LogP) is 2.07. The van der Waals surface area contributed by atoms with Crippen LogP contribution in [-0.2, 0) is 20.9 Å². The highest BCUT2D eigenvalue weighted by atomic mass is 16.2. The summed E-state index contributed by atoms with van der Waals surface area (Å²) in [6.45, 7) is 0.697. The Hall–Kier alpha value is -2.90. The van der Waals surface area contributed by atoms with Crippen LogP contribution in [0, 0.1) is 0 Å². The molecule has 0 bridgehead atoms. The number of benzene rings is 1. The number of urea groups is 1. The van der Waals surface area contributed by atoms with Gasteiger partial charge in [-0.25, -0.2) is 4.79 Å². The summed E-state index contributed by atoms with van der Waals surface area (Å²) in [7, 11) is 0. The number of imide groups is 1. The van der Waals surface area contributed by atoms with E-state index in [1.165, 1.54) is 0 Å². The third kappa shape index (κ3) is 4.04. The Morgan fingerprint density at radius 2 is 1.87 bits per heavy atom. The van der Waals surface area contributed by atoms with Gasteiger partial charge in [-0.15, -0.1) is 0 Å². The molecular formula is C22H28N4O4. The van der Waals surface area contributed by atoms with Gasteiger partial charge in [0.1, 0.15) is 12.1 Å². The molecule has 5 amide bonds. The Labute approximate surface area is 176 Å². The molecule has 0 radical (unpaired) electrons. The van der Waals surface area contributed by atoms with E-state index < -0.39 is 11.6 Å². The van der Waals surface area contributed by atoms with Gasteiger partial charge in [-0.05, 0) is 43.4 Å². The van der Waals surface area contributed by atoms with Crippen molar-refractivity contribution in [3.8, 4) is 0 Å². The van der Waals surface area contributed by atoms with Gasteiger partial charge < -0.3 is 15.5 Å². The first-order valence-corrected chi connectivity index (χ1v) is 10.8. The molecule has 1 aliphatic carbocycles. The lowest BCUT2D eigenvalue weighted by molar-refractivity contribution is -0.135. The molecule has 4 rings (SSSR count). The predicted molar refractivity (Wildman–Crippen MR) is 111 cm³/mol. The lowest BCUT2D eigenvalue weighted by Crippen LogP contribution is -2.49. The molecule has 3 fully saturated rings. The molecule has 1 saturated carbocycles. The first-order chi connectivity index (χ1) is 14.5. The van der Waals surface area contributed by atoms with Crippen molar-refractivity contribution in [2.75, 3.05) is 18.0 Å². The van der Waals surface area contributed by atoms with Crippen molar-refractivity contribution in [2.45, 2.75) is 63.5 Å². The van der Waals surface area contributed by atoms with Gasteiger partial charge in [0.05, 0.1) is 0 Å². The first-order valence-electron chi connectivity index (χ1n) is 10.8. The fourth-order valence-electron chi connectivity index (χ4n) is 4.63. The molecule has 1 aromatic rings. The molecule has 2 heterocycles. The lowest BCUT2D eigenvalue weighted by atomic mass is 9.82. The summed E-state index contributed by atoms with van der Waals surface area (Å²) in [5, 5.41) is 5.60. The monoisotopic (exact) mass is 412 g/mol. The van der Waals surface area contributed by atoms with E-state index in [2.05, 4.69) is 10.6 Å².